The highest BCUT2D eigenvalue weighted by Gasteiger charge is 2.51. The first kappa shape index (κ1) is 65.1. The number of amides is 1. The predicted octanol–water partition coefficient (Wildman–Crippen LogP) is 12.7. The van der Waals surface area contributed by atoms with E-state index in [-0.39, 0.29) is 12.3 Å². The van der Waals surface area contributed by atoms with Crippen molar-refractivity contribution in [1.82, 2.24) is 5.32 Å². The second-order valence-electron chi connectivity index (χ2n) is 20.5. The maximum atomic E-state index is 13.0. The van der Waals surface area contributed by atoms with E-state index in [1.807, 2.05) is 6.08 Å². The summed E-state index contributed by atoms with van der Waals surface area (Å²) in [4.78, 5) is 23.5. The van der Waals surface area contributed by atoms with Gasteiger partial charge in [0.05, 0.1) is 18.8 Å². The highest BCUT2D eigenvalue weighted by molar-refractivity contribution is 7.47. The number of aliphatic hydroxyl groups is 6. The molecule has 0 radical (unpaired) electrons. The zero-order valence-corrected chi connectivity index (χ0v) is 44.6. The predicted molar refractivity (Wildman–Crippen MR) is 278 cm³/mol. The lowest BCUT2D eigenvalue weighted by atomic mass is 9.85. The van der Waals surface area contributed by atoms with Gasteiger partial charge in [0, 0.05) is 6.42 Å². The van der Waals surface area contributed by atoms with Gasteiger partial charge in [-0.15, -0.1) is 0 Å². The van der Waals surface area contributed by atoms with Crippen LogP contribution in [0.2, 0.25) is 0 Å². The Hall–Kier alpha value is -0.920. The van der Waals surface area contributed by atoms with Gasteiger partial charge in [-0.2, -0.15) is 0 Å². The molecule has 68 heavy (non-hydrogen) atoms. The van der Waals surface area contributed by atoms with Gasteiger partial charge >= 0.3 is 7.82 Å². The Labute approximate surface area is 416 Å². The van der Waals surface area contributed by atoms with Crippen molar-refractivity contribution in [3.63, 3.8) is 0 Å². The lowest BCUT2D eigenvalue weighted by molar-refractivity contribution is -0.220. The molecule has 0 spiro atoms. The number of nitrogens with one attached hydrogen (secondary N) is 1. The van der Waals surface area contributed by atoms with E-state index in [1.54, 1.807) is 6.08 Å². The molecule has 9 atom stereocenters. The van der Waals surface area contributed by atoms with Gasteiger partial charge in [-0.3, -0.25) is 13.8 Å². The highest BCUT2D eigenvalue weighted by Crippen LogP contribution is 2.47. The molecule has 6 unspecified atom stereocenters. The molecule has 0 bridgehead atoms. The van der Waals surface area contributed by atoms with Crippen LogP contribution in [0.5, 0.6) is 0 Å². The van der Waals surface area contributed by atoms with Crippen LogP contribution in [0.25, 0.3) is 0 Å². The second kappa shape index (κ2) is 44.8. The summed E-state index contributed by atoms with van der Waals surface area (Å²) in [6.07, 6.45) is 41.5. The fourth-order valence-electron chi connectivity index (χ4n) is 9.44. The molecule has 0 aromatic carbocycles. The Kier molecular flexibility index (Phi) is 42.8. The third kappa shape index (κ3) is 35.2. The minimum atomic E-state index is -5.08. The minimum absolute atomic E-state index is 0.219. The number of phosphoric ester groups is 1. The molecule has 0 aromatic rings. The van der Waals surface area contributed by atoms with Gasteiger partial charge in [0.15, 0.2) is 0 Å². The largest absolute Gasteiger partial charge is 0.472 e. The lowest BCUT2D eigenvalue weighted by Crippen LogP contribution is -2.64. The molecule has 12 nitrogen and oxygen atoms in total. The van der Waals surface area contributed by atoms with Crippen molar-refractivity contribution < 1.29 is 53.9 Å². The average Bonchev–Trinajstić information content (AvgIpc) is 3.32. The molecular weight excluding hydrogens is 882 g/mol. The summed E-state index contributed by atoms with van der Waals surface area (Å²) in [7, 11) is -5.08. The molecule has 0 saturated heterocycles. The summed E-state index contributed by atoms with van der Waals surface area (Å²) < 4.78 is 23.0. The van der Waals surface area contributed by atoms with E-state index in [4.69, 9.17) is 9.05 Å². The van der Waals surface area contributed by atoms with Gasteiger partial charge in [0.25, 0.3) is 0 Å². The van der Waals surface area contributed by atoms with Gasteiger partial charge in [-0.05, 0) is 19.3 Å². The topological polar surface area (TPSA) is 206 Å². The van der Waals surface area contributed by atoms with Crippen molar-refractivity contribution in [3.8, 4) is 0 Å². The Morgan fingerprint density at radius 1 is 0.485 bits per heavy atom. The fraction of sp³-hybridized carbons (Fsp3) is 0.945. The monoisotopic (exact) mass is 990 g/mol. The van der Waals surface area contributed by atoms with Crippen LogP contribution in [0.1, 0.15) is 277 Å². The zero-order chi connectivity index (χ0) is 49.9. The van der Waals surface area contributed by atoms with E-state index in [9.17, 15) is 44.9 Å². The first-order valence-electron chi connectivity index (χ1n) is 28.6. The molecule has 1 aliphatic rings. The molecular formula is C55H108NO11P. The number of rotatable bonds is 49. The van der Waals surface area contributed by atoms with E-state index < -0.39 is 63.2 Å². The van der Waals surface area contributed by atoms with Gasteiger partial charge in [-0.1, -0.05) is 264 Å². The van der Waals surface area contributed by atoms with Crippen molar-refractivity contribution in [1.29, 1.82) is 0 Å². The van der Waals surface area contributed by atoms with E-state index >= 15 is 0 Å². The van der Waals surface area contributed by atoms with E-state index in [0.717, 1.165) is 44.9 Å². The van der Waals surface area contributed by atoms with Crippen molar-refractivity contribution in [2.75, 3.05) is 6.61 Å². The normalized spacial score (nSPS) is 21.6. The Balaban J connectivity index is 2.30. The molecule has 1 fully saturated rings. The number of phosphoric acid groups is 1. The standard InChI is InChI=1S/C55H108NO11P/c1-3-5-7-9-11-13-15-17-19-20-21-22-23-24-25-26-27-28-29-31-33-35-37-39-41-43-45-49(58)56-47(46-66-68(64,65)67-55-53(62)51(60)50(59)52(61)54(55)63)48(57)44-42-40-38-36-34-32-30-18-16-14-12-10-8-6-4-2/h42,44,47-48,50-55,57,59-63H,3-41,43,45-46H2,1-2H3,(H,56,58)(H,64,65)/b44-42+/t47-,48+,50?,51+,52?,53?,54?,55?/m0/s1. The molecule has 0 aliphatic heterocycles. The smallest absolute Gasteiger partial charge is 0.387 e. The summed E-state index contributed by atoms with van der Waals surface area (Å²) in [5.74, 6) is -0.334. The van der Waals surface area contributed by atoms with Gasteiger partial charge < -0.3 is 40.8 Å². The molecule has 8 N–H and O–H groups in total. The van der Waals surface area contributed by atoms with Gasteiger partial charge in [0.1, 0.15) is 36.6 Å². The number of carbonyl (C=O) groups is 1. The van der Waals surface area contributed by atoms with Crippen molar-refractivity contribution in [2.24, 2.45) is 0 Å². The molecule has 0 heterocycles. The van der Waals surface area contributed by atoms with Crippen LogP contribution in [0, 0.1) is 0 Å². The third-order valence-corrected chi connectivity index (χ3v) is 15.1. The van der Waals surface area contributed by atoms with Crippen LogP contribution in [0.3, 0.4) is 0 Å². The number of hydrogen-bond acceptors (Lipinski definition) is 10. The summed E-state index contributed by atoms with van der Waals surface area (Å²) >= 11 is 0. The zero-order valence-electron chi connectivity index (χ0n) is 43.7. The van der Waals surface area contributed by atoms with Crippen molar-refractivity contribution >= 4 is 13.7 Å². The number of carbonyl (C=O) groups excluding carboxylic acids is 1. The number of unbranched alkanes of at least 4 members (excludes halogenated alkanes) is 38. The molecule has 13 heteroatoms. The molecule has 1 amide bonds. The average molecular weight is 990 g/mol. The first-order valence-corrected chi connectivity index (χ1v) is 30.1. The van der Waals surface area contributed by atoms with E-state index in [1.165, 1.54) is 205 Å². The molecule has 1 aliphatic carbocycles. The SMILES string of the molecule is CCCCCCCCCCCCCCC/C=C/[C@@H](O)[C@H](COP(=O)(O)OC1C(O)C(O)C(O)[C@@H](O)C1O)NC(=O)CCCCCCCCCCCCCCCCCCCCCCCCCCCC. The van der Waals surface area contributed by atoms with Gasteiger partial charge in [-0.25, -0.2) is 4.57 Å². The minimum Gasteiger partial charge on any atom is -0.387 e. The second-order valence-corrected chi connectivity index (χ2v) is 21.9. The quantitative estimate of drug-likeness (QED) is 0.0163. The molecule has 1 rings (SSSR count). The molecule has 1 saturated carbocycles. The Bertz CT molecular complexity index is 1200. The van der Waals surface area contributed by atoms with Crippen molar-refractivity contribution in [3.05, 3.63) is 12.2 Å². The van der Waals surface area contributed by atoms with Crippen LogP contribution in [0.15, 0.2) is 12.2 Å². The third-order valence-electron chi connectivity index (χ3n) is 14.1. The molecule has 0 aromatic heterocycles. The number of allylic oxidation sites excluding steroid dienone is 1. The Morgan fingerprint density at radius 2 is 0.779 bits per heavy atom. The van der Waals surface area contributed by atoms with Gasteiger partial charge in [0.2, 0.25) is 5.91 Å². The highest BCUT2D eigenvalue weighted by atomic mass is 31.2. The number of aliphatic hydroxyl groups excluding tert-OH is 6. The van der Waals surface area contributed by atoms with Crippen LogP contribution in [0.4, 0.5) is 0 Å². The Morgan fingerprint density at radius 3 is 1.12 bits per heavy atom. The van der Waals surface area contributed by atoms with E-state index in [2.05, 4.69) is 19.2 Å². The summed E-state index contributed by atoms with van der Waals surface area (Å²) in [6.45, 7) is 3.88. The van der Waals surface area contributed by atoms with Crippen LogP contribution in [-0.4, -0.2) is 96.8 Å². The first-order chi connectivity index (χ1) is 32.9. The van der Waals surface area contributed by atoms with Crippen LogP contribution < -0.4 is 5.32 Å². The summed E-state index contributed by atoms with van der Waals surface area (Å²) in [5.41, 5.74) is 0. The number of hydrogen-bond donors (Lipinski definition) is 8. The maximum absolute atomic E-state index is 13.0. The van der Waals surface area contributed by atoms with E-state index in [0.29, 0.717) is 6.42 Å². The summed E-state index contributed by atoms with van der Waals surface area (Å²) in [5, 5.41) is 64.3. The summed E-state index contributed by atoms with van der Waals surface area (Å²) in [6, 6.07) is -1.11. The van der Waals surface area contributed by atoms with Crippen LogP contribution in [-0.2, 0) is 18.4 Å². The lowest BCUT2D eigenvalue weighted by Gasteiger charge is -2.41. The molecule has 404 valence electrons. The van der Waals surface area contributed by atoms with Crippen molar-refractivity contribution in [2.45, 2.75) is 326 Å². The fourth-order valence-corrected chi connectivity index (χ4v) is 10.4. The maximum Gasteiger partial charge on any atom is 0.472 e. The van der Waals surface area contributed by atoms with Crippen LogP contribution >= 0.6 is 7.82 Å².